The normalized spacial score (nSPS) is 11.1. The lowest BCUT2D eigenvalue weighted by atomic mass is 10.3. The van der Waals surface area contributed by atoms with Crippen LogP contribution in [-0.2, 0) is 0 Å². The lowest BCUT2D eigenvalue weighted by molar-refractivity contribution is 1.23. The molecule has 3 heterocycles. The fraction of sp³-hybridized carbons (Fsp3) is 0. The number of aromatic amines is 1. The third kappa shape index (κ3) is 0.836. The molecule has 0 bridgehead atoms. The topological polar surface area (TPSA) is 37.3 Å². The molecule has 3 aromatic heterocycles. The maximum absolute atomic E-state index is 11.5. The van der Waals surface area contributed by atoms with E-state index in [-0.39, 0.29) is 5.56 Å². The molecule has 0 spiro atoms. The second-order valence-electron chi connectivity index (χ2n) is 3.25. The van der Waals surface area contributed by atoms with E-state index in [4.69, 9.17) is 0 Å². The van der Waals surface area contributed by atoms with Gasteiger partial charge in [-0.1, -0.05) is 6.07 Å². The number of hydrogen-bond donors (Lipinski definition) is 1. The van der Waals surface area contributed by atoms with Crippen molar-refractivity contribution < 1.29 is 0 Å². The van der Waals surface area contributed by atoms with E-state index in [2.05, 4.69) is 4.98 Å². The second-order valence-corrected chi connectivity index (χ2v) is 3.25. The first-order valence-electron chi connectivity index (χ1n) is 4.44. The Morgan fingerprint density at radius 1 is 1.21 bits per heavy atom. The van der Waals surface area contributed by atoms with Crippen molar-refractivity contribution in [2.75, 3.05) is 0 Å². The molecule has 3 rings (SSSR count). The maximum atomic E-state index is 11.5. The van der Waals surface area contributed by atoms with Gasteiger partial charge in [0, 0.05) is 17.9 Å². The predicted molar refractivity (Wildman–Crippen MR) is 55.5 cm³/mol. The number of hydrogen-bond acceptors (Lipinski definition) is 1. The van der Waals surface area contributed by atoms with E-state index in [0.717, 1.165) is 16.4 Å². The molecule has 0 amide bonds. The zero-order chi connectivity index (χ0) is 9.54. The molecule has 0 aliphatic carbocycles. The van der Waals surface area contributed by atoms with E-state index in [9.17, 15) is 4.79 Å². The van der Waals surface area contributed by atoms with E-state index in [1.165, 1.54) is 0 Å². The van der Waals surface area contributed by atoms with Crippen LogP contribution < -0.4 is 5.56 Å². The van der Waals surface area contributed by atoms with E-state index < -0.39 is 0 Å². The van der Waals surface area contributed by atoms with Gasteiger partial charge in [0.15, 0.2) is 0 Å². The van der Waals surface area contributed by atoms with Crippen molar-refractivity contribution in [1.29, 1.82) is 0 Å². The van der Waals surface area contributed by atoms with Crippen LogP contribution in [0.25, 0.3) is 16.4 Å². The Labute approximate surface area is 79.6 Å². The van der Waals surface area contributed by atoms with E-state index in [0.29, 0.717) is 0 Å². The average Bonchev–Trinajstić information content (AvgIpc) is 2.59. The van der Waals surface area contributed by atoms with E-state index in [1.807, 2.05) is 40.9 Å². The molecule has 1 N–H and O–H groups in total. The minimum atomic E-state index is -0.0359. The van der Waals surface area contributed by atoms with Gasteiger partial charge in [0.25, 0.3) is 5.56 Å². The summed E-state index contributed by atoms with van der Waals surface area (Å²) in [5.41, 5.74) is 1.95. The van der Waals surface area contributed by atoms with Crippen molar-refractivity contribution in [3.63, 3.8) is 0 Å². The highest BCUT2D eigenvalue weighted by atomic mass is 16.1. The molecule has 3 heteroatoms. The summed E-state index contributed by atoms with van der Waals surface area (Å²) < 4.78 is 2.00. The van der Waals surface area contributed by atoms with Crippen LogP contribution in [0.3, 0.4) is 0 Å². The van der Waals surface area contributed by atoms with Crippen LogP contribution in [0.15, 0.2) is 47.5 Å². The summed E-state index contributed by atoms with van der Waals surface area (Å²) in [6, 6.07) is 9.70. The Hall–Kier alpha value is -2.03. The molecular formula is C11H8N2O. The Morgan fingerprint density at radius 3 is 3.07 bits per heavy atom. The average molecular weight is 184 g/mol. The molecule has 3 nitrogen and oxygen atoms in total. The minimum Gasteiger partial charge on any atom is -0.328 e. The van der Waals surface area contributed by atoms with Gasteiger partial charge < -0.3 is 9.38 Å². The fourth-order valence-electron chi connectivity index (χ4n) is 1.77. The summed E-state index contributed by atoms with van der Waals surface area (Å²) in [5.74, 6) is 0. The number of nitrogens with zero attached hydrogens (tertiary/aromatic N) is 1. The summed E-state index contributed by atoms with van der Waals surface area (Å²) in [5, 5.41) is 0.735. The number of aromatic nitrogens is 2. The summed E-state index contributed by atoms with van der Waals surface area (Å²) in [7, 11) is 0. The van der Waals surface area contributed by atoms with Crippen molar-refractivity contribution in [3.05, 3.63) is 53.1 Å². The third-order valence-electron chi connectivity index (χ3n) is 2.42. The summed E-state index contributed by atoms with van der Waals surface area (Å²) in [6.07, 6.45) is 3.63. The zero-order valence-electron chi connectivity index (χ0n) is 7.40. The molecule has 0 aliphatic heterocycles. The lowest BCUT2D eigenvalue weighted by Gasteiger charge is -1.94. The van der Waals surface area contributed by atoms with Crippen LogP contribution >= 0.6 is 0 Å². The predicted octanol–water partition coefficient (Wildman–Crippen LogP) is 1.78. The SMILES string of the molecule is O=c1[nH]ccc2c1cc1ccccn12. The van der Waals surface area contributed by atoms with Crippen LogP contribution in [0.1, 0.15) is 0 Å². The van der Waals surface area contributed by atoms with E-state index >= 15 is 0 Å². The van der Waals surface area contributed by atoms with Gasteiger partial charge in [-0.3, -0.25) is 4.79 Å². The molecule has 68 valence electrons. The highest BCUT2D eigenvalue weighted by Gasteiger charge is 2.03. The van der Waals surface area contributed by atoms with Gasteiger partial charge in [0.2, 0.25) is 0 Å². The van der Waals surface area contributed by atoms with Crippen LogP contribution in [0, 0.1) is 0 Å². The van der Waals surface area contributed by atoms with Gasteiger partial charge in [-0.2, -0.15) is 0 Å². The van der Waals surface area contributed by atoms with E-state index in [1.54, 1.807) is 6.20 Å². The Kier molecular flexibility index (Phi) is 1.31. The molecular weight excluding hydrogens is 176 g/mol. The second kappa shape index (κ2) is 2.48. The Morgan fingerprint density at radius 2 is 2.14 bits per heavy atom. The first-order valence-corrected chi connectivity index (χ1v) is 4.44. The number of nitrogens with one attached hydrogen (secondary N) is 1. The van der Waals surface area contributed by atoms with Crippen LogP contribution in [0.5, 0.6) is 0 Å². The first-order chi connectivity index (χ1) is 6.86. The van der Waals surface area contributed by atoms with Crippen molar-refractivity contribution >= 4 is 16.4 Å². The van der Waals surface area contributed by atoms with Crippen molar-refractivity contribution in [2.24, 2.45) is 0 Å². The fourth-order valence-corrected chi connectivity index (χ4v) is 1.77. The van der Waals surface area contributed by atoms with Gasteiger partial charge in [0.05, 0.1) is 10.9 Å². The maximum Gasteiger partial charge on any atom is 0.257 e. The minimum absolute atomic E-state index is 0.0359. The van der Waals surface area contributed by atoms with Gasteiger partial charge in [-0.15, -0.1) is 0 Å². The number of rotatable bonds is 0. The number of fused-ring (bicyclic) bond motifs is 3. The van der Waals surface area contributed by atoms with Crippen LogP contribution in [-0.4, -0.2) is 9.38 Å². The van der Waals surface area contributed by atoms with Gasteiger partial charge in [-0.25, -0.2) is 0 Å². The summed E-state index contributed by atoms with van der Waals surface area (Å²) in [4.78, 5) is 14.1. The van der Waals surface area contributed by atoms with Gasteiger partial charge in [0.1, 0.15) is 0 Å². The van der Waals surface area contributed by atoms with Crippen LogP contribution in [0.2, 0.25) is 0 Å². The quantitative estimate of drug-likeness (QED) is 0.568. The number of pyridine rings is 2. The molecule has 3 aromatic rings. The standard InChI is InChI=1S/C11H8N2O/c14-11-9-7-8-3-1-2-6-13(8)10(9)4-5-12-11/h1-7H,(H,12,14). The smallest absolute Gasteiger partial charge is 0.257 e. The van der Waals surface area contributed by atoms with Gasteiger partial charge >= 0.3 is 0 Å². The molecule has 14 heavy (non-hydrogen) atoms. The first kappa shape index (κ1) is 7.38. The van der Waals surface area contributed by atoms with Gasteiger partial charge in [-0.05, 0) is 24.3 Å². The number of H-pyrrole nitrogens is 1. The largest absolute Gasteiger partial charge is 0.328 e. The highest BCUT2D eigenvalue weighted by Crippen LogP contribution is 2.15. The molecule has 0 saturated carbocycles. The highest BCUT2D eigenvalue weighted by molar-refractivity contribution is 5.86. The molecule has 0 radical (unpaired) electrons. The summed E-state index contributed by atoms with van der Waals surface area (Å²) in [6.45, 7) is 0. The molecule has 0 saturated heterocycles. The monoisotopic (exact) mass is 184 g/mol. The third-order valence-corrected chi connectivity index (χ3v) is 2.42. The van der Waals surface area contributed by atoms with Crippen LogP contribution in [0.4, 0.5) is 0 Å². The molecule has 0 fully saturated rings. The zero-order valence-corrected chi connectivity index (χ0v) is 7.40. The Bertz CT molecular complexity index is 663. The molecule has 0 aliphatic rings. The summed E-state index contributed by atoms with van der Waals surface area (Å²) >= 11 is 0. The lowest BCUT2D eigenvalue weighted by Crippen LogP contribution is -2.02. The van der Waals surface area contributed by atoms with Crippen molar-refractivity contribution in [3.8, 4) is 0 Å². The van der Waals surface area contributed by atoms with Crippen molar-refractivity contribution in [2.45, 2.75) is 0 Å². The molecule has 0 atom stereocenters. The molecule has 0 unspecified atom stereocenters. The van der Waals surface area contributed by atoms with Crippen molar-refractivity contribution in [1.82, 2.24) is 9.38 Å². The Balaban J connectivity index is 2.70. The molecule has 0 aromatic carbocycles.